The summed E-state index contributed by atoms with van der Waals surface area (Å²) in [5.74, 6) is -6.84. The van der Waals surface area contributed by atoms with Gasteiger partial charge < -0.3 is 10.4 Å². The maximum Gasteiger partial charge on any atom is 0.255 e. The monoisotopic (exact) mass is 515 g/mol. The van der Waals surface area contributed by atoms with E-state index >= 15 is 0 Å². The highest BCUT2D eigenvalue weighted by molar-refractivity contribution is 7.92. The maximum absolute atomic E-state index is 13.6. The van der Waals surface area contributed by atoms with Gasteiger partial charge in [0.1, 0.15) is 5.60 Å². The van der Waals surface area contributed by atoms with Crippen LogP contribution in [0.25, 0.3) is 0 Å². The van der Waals surface area contributed by atoms with Crippen molar-refractivity contribution in [1.29, 1.82) is 0 Å². The number of hydrogen-bond acceptors (Lipinski definition) is 5. The summed E-state index contributed by atoms with van der Waals surface area (Å²) in [6, 6.07) is 4.75. The van der Waals surface area contributed by atoms with Gasteiger partial charge in [-0.3, -0.25) is 9.59 Å². The Balaban J connectivity index is 1.63. The van der Waals surface area contributed by atoms with Crippen LogP contribution in [0.3, 0.4) is 0 Å². The van der Waals surface area contributed by atoms with Gasteiger partial charge in [-0.1, -0.05) is 11.6 Å². The van der Waals surface area contributed by atoms with Crippen LogP contribution in [0.5, 0.6) is 0 Å². The van der Waals surface area contributed by atoms with Crippen molar-refractivity contribution in [2.45, 2.75) is 48.4 Å². The molecule has 2 bridgehead atoms. The van der Waals surface area contributed by atoms with Crippen LogP contribution in [0, 0.1) is 29.3 Å². The highest BCUT2D eigenvalue weighted by Gasteiger charge is 2.55. The first-order valence-electron chi connectivity index (χ1n) is 10.6. The number of amides is 1. The molecule has 2 aromatic carbocycles. The zero-order valence-electron chi connectivity index (χ0n) is 17.9. The largest absolute Gasteiger partial charge is 0.382 e. The molecule has 4 rings (SSSR count). The molecule has 0 saturated heterocycles. The van der Waals surface area contributed by atoms with Gasteiger partial charge >= 0.3 is 0 Å². The number of halogens is 4. The molecule has 4 atom stereocenters. The number of Topliss-reactive ketones (excluding diaryl/α,β-unsaturated/α-hetero) is 1. The van der Waals surface area contributed by atoms with Crippen molar-refractivity contribution in [1.82, 2.24) is 0 Å². The van der Waals surface area contributed by atoms with Crippen molar-refractivity contribution in [3.8, 4) is 0 Å². The van der Waals surface area contributed by atoms with E-state index in [-0.39, 0.29) is 34.0 Å². The smallest absolute Gasteiger partial charge is 0.255 e. The first-order valence-corrected chi connectivity index (χ1v) is 12.5. The molecule has 2 unspecified atom stereocenters. The van der Waals surface area contributed by atoms with Crippen LogP contribution in [0.1, 0.15) is 43.0 Å². The molecule has 2 N–H and O–H groups in total. The summed E-state index contributed by atoms with van der Waals surface area (Å²) in [6.45, 7) is 1.28. The van der Waals surface area contributed by atoms with E-state index in [1.165, 1.54) is 19.1 Å². The van der Waals surface area contributed by atoms with Crippen molar-refractivity contribution in [2.75, 3.05) is 5.32 Å². The molecule has 34 heavy (non-hydrogen) atoms. The molecule has 11 heteroatoms. The minimum atomic E-state index is -4.06. The van der Waals surface area contributed by atoms with E-state index in [4.69, 9.17) is 11.6 Å². The van der Waals surface area contributed by atoms with Gasteiger partial charge in [0.15, 0.2) is 33.1 Å². The summed E-state index contributed by atoms with van der Waals surface area (Å²) in [7, 11) is -4.06. The Morgan fingerprint density at radius 1 is 1.06 bits per heavy atom. The van der Waals surface area contributed by atoms with Crippen molar-refractivity contribution in [2.24, 2.45) is 11.8 Å². The number of fused-ring (bicyclic) bond motifs is 2. The molecule has 2 saturated carbocycles. The number of carbonyl (C=O) groups excluding carboxylic acids is 2. The van der Waals surface area contributed by atoms with Gasteiger partial charge in [0.05, 0.1) is 15.2 Å². The zero-order chi connectivity index (χ0) is 25.0. The Morgan fingerprint density at radius 2 is 1.62 bits per heavy atom. The van der Waals surface area contributed by atoms with Crippen molar-refractivity contribution in [3.63, 3.8) is 0 Å². The number of benzene rings is 2. The van der Waals surface area contributed by atoms with Gasteiger partial charge in [-0.25, -0.2) is 21.6 Å². The van der Waals surface area contributed by atoms with Crippen molar-refractivity contribution < 1.29 is 36.3 Å². The van der Waals surface area contributed by atoms with Crippen LogP contribution in [0.15, 0.2) is 35.2 Å². The lowest BCUT2D eigenvalue weighted by Crippen LogP contribution is -2.49. The second-order valence-electron chi connectivity index (χ2n) is 8.96. The summed E-state index contributed by atoms with van der Waals surface area (Å²) in [5.41, 5.74) is -2.05. The van der Waals surface area contributed by atoms with Crippen LogP contribution in [0.4, 0.5) is 18.9 Å². The molecule has 0 aliphatic heterocycles. The molecule has 2 fully saturated rings. The van der Waals surface area contributed by atoms with Crippen LogP contribution in [0.2, 0.25) is 5.02 Å². The molecule has 6 nitrogen and oxygen atoms in total. The van der Waals surface area contributed by atoms with E-state index in [2.05, 4.69) is 5.32 Å². The van der Waals surface area contributed by atoms with Gasteiger partial charge in [0, 0.05) is 23.4 Å². The van der Waals surface area contributed by atoms with Crippen LogP contribution < -0.4 is 5.32 Å². The molecule has 0 radical (unpaired) electrons. The zero-order valence-corrected chi connectivity index (χ0v) is 19.5. The van der Waals surface area contributed by atoms with Gasteiger partial charge in [-0.2, -0.15) is 0 Å². The molecule has 0 spiro atoms. The predicted molar refractivity (Wildman–Crippen MR) is 118 cm³/mol. The summed E-state index contributed by atoms with van der Waals surface area (Å²) in [6.07, 6.45) is 1.12. The summed E-state index contributed by atoms with van der Waals surface area (Å²) < 4.78 is 67.2. The molecule has 2 aliphatic carbocycles. The molecule has 1 amide bonds. The molecule has 0 aromatic heterocycles. The summed E-state index contributed by atoms with van der Waals surface area (Å²) >= 11 is 6.19. The van der Waals surface area contributed by atoms with Gasteiger partial charge in [0.25, 0.3) is 5.91 Å². The normalized spacial score (nSPS) is 26.4. The first kappa shape index (κ1) is 24.7. The van der Waals surface area contributed by atoms with E-state index in [1.807, 2.05) is 0 Å². The third kappa shape index (κ3) is 4.23. The fourth-order valence-corrected chi connectivity index (χ4v) is 8.01. The van der Waals surface area contributed by atoms with Crippen LogP contribution >= 0.6 is 11.6 Å². The molecular weight excluding hydrogens is 495 g/mol. The highest BCUT2D eigenvalue weighted by atomic mass is 35.5. The average Bonchev–Trinajstić information content (AvgIpc) is 3.05. The number of carbonyl (C=O) groups is 2. The minimum absolute atomic E-state index is 0.0300. The quantitative estimate of drug-likeness (QED) is 0.579. The second kappa shape index (κ2) is 8.66. The van der Waals surface area contributed by atoms with Gasteiger partial charge in [0.2, 0.25) is 0 Å². The second-order valence-corrected chi connectivity index (χ2v) is 11.4. The van der Waals surface area contributed by atoms with E-state index in [0.29, 0.717) is 25.0 Å². The lowest BCUT2D eigenvalue weighted by Gasteiger charge is -2.39. The SMILES string of the molecule is CC(=O)[C@]1(O)CC2CC[C@@H](C1)C2S(=O)(=O)c1cc(C(=O)Nc2cc(F)c(F)c(F)c2)ccc1Cl. The molecule has 0 heterocycles. The van der Waals surface area contributed by atoms with Crippen LogP contribution in [-0.2, 0) is 14.6 Å². The number of nitrogens with one attached hydrogen (secondary N) is 1. The van der Waals surface area contributed by atoms with Crippen molar-refractivity contribution in [3.05, 3.63) is 58.4 Å². The lowest BCUT2D eigenvalue weighted by atomic mass is 9.75. The third-order valence-corrected chi connectivity index (χ3v) is 9.67. The van der Waals surface area contributed by atoms with Gasteiger partial charge in [-0.05, 0) is 62.6 Å². The van der Waals surface area contributed by atoms with Gasteiger partial charge in [-0.15, -0.1) is 0 Å². The maximum atomic E-state index is 13.6. The minimum Gasteiger partial charge on any atom is -0.382 e. The molecule has 2 aliphatic rings. The van der Waals surface area contributed by atoms with E-state index in [1.54, 1.807) is 0 Å². The summed E-state index contributed by atoms with van der Waals surface area (Å²) in [4.78, 5) is 24.3. The Hall–Kier alpha value is -2.43. The summed E-state index contributed by atoms with van der Waals surface area (Å²) in [5, 5.41) is 11.9. The standard InChI is InChI=1S/C23H21ClF3NO5S/c1-11(29)23(31)9-13-2-3-14(10-23)21(13)34(32,33)19-6-12(4-5-16(19)24)22(30)28-15-7-17(25)20(27)18(26)8-15/h4-8,13-14,21,31H,2-3,9-10H2,1H3,(H,28,30)/t13-,14?,21?,23+/m0/s1. The van der Waals surface area contributed by atoms with Crippen molar-refractivity contribution >= 4 is 38.8 Å². The lowest BCUT2D eigenvalue weighted by molar-refractivity contribution is -0.140. The Morgan fingerprint density at radius 3 is 2.15 bits per heavy atom. The predicted octanol–water partition coefficient (Wildman–Crippen LogP) is 4.29. The number of ketones is 1. The number of rotatable bonds is 5. The van der Waals surface area contributed by atoms with E-state index in [9.17, 15) is 36.3 Å². The molecule has 182 valence electrons. The number of hydrogen-bond donors (Lipinski definition) is 2. The first-order chi connectivity index (χ1) is 15.8. The highest BCUT2D eigenvalue weighted by Crippen LogP contribution is 2.51. The third-order valence-electron chi connectivity index (χ3n) is 6.79. The van der Waals surface area contributed by atoms with E-state index in [0.717, 1.165) is 6.07 Å². The average molecular weight is 516 g/mol. The Labute approximate surface area is 199 Å². The number of sulfone groups is 1. The Kier molecular flexibility index (Phi) is 6.28. The number of aliphatic hydroxyl groups is 1. The number of anilines is 1. The fraction of sp³-hybridized carbons (Fsp3) is 0.391. The topological polar surface area (TPSA) is 101 Å². The molecular formula is C23H21ClF3NO5S. The van der Waals surface area contributed by atoms with Crippen LogP contribution in [-0.4, -0.2) is 36.1 Å². The Bertz CT molecular complexity index is 1260. The fourth-order valence-electron chi connectivity index (χ4n) is 5.16. The molecule has 2 aromatic rings. The van der Waals surface area contributed by atoms with E-state index < -0.39 is 61.7 Å².